The summed E-state index contributed by atoms with van der Waals surface area (Å²) in [7, 11) is 0. The predicted octanol–water partition coefficient (Wildman–Crippen LogP) is -1.13. The zero-order valence-electron chi connectivity index (χ0n) is 11.7. The van der Waals surface area contributed by atoms with E-state index >= 15 is 0 Å². The molecule has 1 aliphatic rings. The number of nitrogens with zero attached hydrogens (tertiary/aromatic N) is 1. The predicted molar refractivity (Wildman–Crippen MR) is 78.4 cm³/mol. The average molecular weight is 349 g/mol. The number of quaternary nitrogens is 1. The molecule has 122 valence electrons. The third-order valence-corrected chi connectivity index (χ3v) is 4.31. The molecule has 22 heavy (non-hydrogen) atoms. The van der Waals surface area contributed by atoms with Crippen molar-refractivity contribution in [1.82, 2.24) is 4.98 Å². The van der Waals surface area contributed by atoms with Gasteiger partial charge in [0, 0.05) is 18.1 Å². The molecule has 0 atom stereocenters. The number of aliphatic carboxylic acids is 2. The SMILES string of the molecule is O=C([O-])C(=O)O.OCc1cc(Cl)nc(SC2CC[NH2+]CC2)c1. The van der Waals surface area contributed by atoms with E-state index in [1.54, 1.807) is 17.8 Å². The number of hydrogen-bond acceptors (Lipinski definition) is 6. The van der Waals surface area contributed by atoms with E-state index in [0.29, 0.717) is 10.4 Å². The van der Waals surface area contributed by atoms with Gasteiger partial charge in [-0.25, -0.2) is 9.78 Å². The van der Waals surface area contributed by atoms with Crippen molar-refractivity contribution in [3.63, 3.8) is 0 Å². The zero-order valence-corrected chi connectivity index (χ0v) is 13.3. The Hall–Kier alpha value is -1.35. The second-order valence-electron chi connectivity index (χ2n) is 4.57. The highest BCUT2D eigenvalue weighted by molar-refractivity contribution is 7.99. The second-order valence-corrected chi connectivity index (χ2v) is 6.28. The monoisotopic (exact) mass is 348 g/mol. The van der Waals surface area contributed by atoms with Gasteiger partial charge in [-0.15, -0.1) is 11.8 Å². The number of carbonyl (C=O) groups is 2. The number of piperidine rings is 1. The number of carboxylic acid groups (broad SMARTS) is 2. The zero-order chi connectivity index (χ0) is 16.5. The number of halogens is 1. The van der Waals surface area contributed by atoms with Gasteiger partial charge in [0.25, 0.3) is 0 Å². The summed E-state index contributed by atoms with van der Waals surface area (Å²) in [6, 6.07) is 3.63. The van der Waals surface area contributed by atoms with E-state index in [4.69, 9.17) is 36.5 Å². The third kappa shape index (κ3) is 7.08. The lowest BCUT2D eigenvalue weighted by molar-refractivity contribution is -0.661. The summed E-state index contributed by atoms with van der Waals surface area (Å²) in [4.78, 5) is 22.3. The van der Waals surface area contributed by atoms with Crippen LogP contribution in [-0.2, 0) is 16.2 Å². The van der Waals surface area contributed by atoms with Crippen molar-refractivity contribution < 1.29 is 30.2 Å². The van der Waals surface area contributed by atoms with Crippen LogP contribution >= 0.6 is 23.4 Å². The lowest BCUT2D eigenvalue weighted by atomic mass is 10.2. The third-order valence-electron chi connectivity index (χ3n) is 2.86. The fourth-order valence-electron chi connectivity index (χ4n) is 1.86. The minimum absolute atomic E-state index is 0.0221. The van der Waals surface area contributed by atoms with E-state index in [0.717, 1.165) is 10.6 Å². The van der Waals surface area contributed by atoms with Gasteiger partial charge in [0.2, 0.25) is 0 Å². The summed E-state index contributed by atoms with van der Waals surface area (Å²) in [6.07, 6.45) is 2.43. The van der Waals surface area contributed by atoms with E-state index in [-0.39, 0.29) is 6.61 Å². The van der Waals surface area contributed by atoms with Gasteiger partial charge < -0.3 is 25.4 Å². The Bertz CT molecular complexity index is 511. The Morgan fingerprint density at radius 3 is 2.50 bits per heavy atom. The lowest BCUT2D eigenvalue weighted by Crippen LogP contribution is -2.86. The molecule has 7 nitrogen and oxygen atoms in total. The molecule has 2 heterocycles. The van der Waals surface area contributed by atoms with Crippen LogP contribution in [0.4, 0.5) is 0 Å². The van der Waals surface area contributed by atoms with Gasteiger partial charge in [0.1, 0.15) is 5.15 Å². The number of aromatic nitrogens is 1. The molecule has 1 aromatic heterocycles. The number of pyridine rings is 1. The van der Waals surface area contributed by atoms with Crippen LogP contribution in [0.2, 0.25) is 5.15 Å². The molecule has 4 N–H and O–H groups in total. The molecular formula is C13H17ClN2O5S. The second kappa shape index (κ2) is 9.62. The molecule has 0 spiro atoms. The highest BCUT2D eigenvalue weighted by Crippen LogP contribution is 2.28. The molecule has 0 bridgehead atoms. The number of aliphatic hydroxyl groups is 1. The molecule has 1 aromatic rings. The first-order valence-electron chi connectivity index (χ1n) is 6.62. The highest BCUT2D eigenvalue weighted by Gasteiger charge is 2.17. The van der Waals surface area contributed by atoms with Crippen molar-refractivity contribution in [3.8, 4) is 0 Å². The minimum atomic E-state index is -2.07. The maximum atomic E-state index is 9.09. The Morgan fingerprint density at radius 2 is 2.00 bits per heavy atom. The number of rotatable bonds is 3. The van der Waals surface area contributed by atoms with E-state index in [9.17, 15) is 0 Å². The number of aliphatic hydroxyl groups excluding tert-OH is 1. The molecule has 0 unspecified atom stereocenters. The summed E-state index contributed by atoms with van der Waals surface area (Å²) in [5.41, 5.74) is 0.838. The summed E-state index contributed by atoms with van der Waals surface area (Å²) in [5, 5.41) is 29.8. The minimum Gasteiger partial charge on any atom is -0.539 e. The van der Waals surface area contributed by atoms with Crippen LogP contribution in [0.3, 0.4) is 0 Å². The first kappa shape index (κ1) is 18.7. The van der Waals surface area contributed by atoms with Crippen molar-refractivity contribution in [2.45, 2.75) is 29.7 Å². The van der Waals surface area contributed by atoms with Crippen LogP contribution in [0.1, 0.15) is 18.4 Å². The number of thioether (sulfide) groups is 1. The van der Waals surface area contributed by atoms with E-state index in [1.165, 1.54) is 25.9 Å². The fourth-order valence-corrected chi connectivity index (χ4v) is 3.36. The number of carbonyl (C=O) groups excluding carboxylic acids is 1. The van der Waals surface area contributed by atoms with Crippen LogP contribution in [0.5, 0.6) is 0 Å². The van der Waals surface area contributed by atoms with Crippen molar-refractivity contribution in [2.24, 2.45) is 0 Å². The van der Waals surface area contributed by atoms with Crippen molar-refractivity contribution in [2.75, 3.05) is 13.1 Å². The maximum absolute atomic E-state index is 9.09. The number of hydrogen-bond donors (Lipinski definition) is 3. The Kier molecular flexibility index (Phi) is 8.18. The van der Waals surface area contributed by atoms with E-state index in [1.807, 2.05) is 6.07 Å². The van der Waals surface area contributed by atoms with E-state index in [2.05, 4.69) is 10.3 Å². The van der Waals surface area contributed by atoms with Gasteiger partial charge in [-0.2, -0.15) is 0 Å². The Labute approximate surface area is 136 Å². The van der Waals surface area contributed by atoms with Crippen LogP contribution in [-0.4, -0.2) is 45.5 Å². The van der Waals surface area contributed by atoms with Crippen molar-refractivity contribution in [1.29, 1.82) is 0 Å². The molecule has 0 aromatic carbocycles. The lowest BCUT2D eigenvalue weighted by Gasteiger charge is -2.19. The smallest absolute Gasteiger partial charge is 0.351 e. The summed E-state index contributed by atoms with van der Waals surface area (Å²) >= 11 is 7.69. The Balaban J connectivity index is 0.000000346. The average Bonchev–Trinajstić information content (AvgIpc) is 2.48. The molecule has 0 aliphatic carbocycles. The molecular weight excluding hydrogens is 332 g/mol. The quantitative estimate of drug-likeness (QED) is 0.465. The first-order valence-corrected chi connectivity index (χ1v) is 7.88. The topological polar surface area (TPSA) is 127 Å². The molecule has 9 heteroatoms. The van der Waals surface area contributed by atoms with Gasteiger partial charge in [-0.05, 0) is 17.7 Å². The summed E-state index contributed by atoms with van der Waals surface area (Å²) < 4.78 is 0. The molecule has 0 saturated carbocycles. The molecule has 1 aliphatic heterocycles. The van der Waals surface area contributed by atoms with Gasteiger partial charge in [0.05, 0.1) is 24.7 Å². The normalized spacial score (nSPS) is 14.8. The van der Waals surface area contributed by atoms with Crippen LogP contribution in [0.15, 0.2) is 17.2 Å². The molecule has 0 amide bonds. The van der Waals surface area contributed by atoms with Crippen LogP contribution in [0.25, 0.3) is 0 Å². The van der Waals surface area contributed by atoms with Gasteiger partial charge in [-0.1, -0.05) is 11.6 Å². The maximum Gasteiger partial charge on any atom is 0.351 e. The standard InChI is InChI=1S/C11H15ClN2OS.C2H2O4/c12-10-5-8(7-15)6-11(14-10)16-9-1-3-13-4-2-9;3-1(4)2(5)6/h5-6,9,13,15H,1-4,7H2;(H,3,4)(H,5,6). The van der Waals surface area contributed by atoms with E-state index < -0.39 is 11.9 Å². The van der Waals surface area contributed by atoms with Crippen LogP contribution < -0.4 is 10.4 Å². The fraction of sp³-hybridized carbons (Fsp3) is 0.462. The molecule has 0 radical (unpaired) electrons. The highest BCUT2D eigenvalue weighted by atomic mass is 35.5. The molecule has 1 saturated heterocycles. The van der Waals surface area contributed by atoms with Crippen molar-refractivity contribution >= 4 is 35.3 Å². The number of carboxylic acids is 2. The van der Waals surface area contributed by atoms with Gasteiger partial charge >= 0.3 is 5.97 Å². The van der Waals surface area contributed by atoms with Crippen LogP contribution in [0, 0.1) is 0 Å². The molecule has 2 rings (SSSR count). The summed E-state index contributed by atoms with van der Waals surface area (Å²) in [6.45, 7) is 2.42. The first-order chi connectivity index (χ1) is 10.4. The van der Waals surface area contributed by atoms with Gasteiger partial charge in [0.15, 0.2) is 5.97 Å². The van der Waals surface area contributed by atoms with Crippen molar-refractivity contribution in [3.05, 3.63) is 22.8 Å². The Morgan fingerprint density at radius 1 is 1.41 bits per heavy atom. The molecule has 1 fully saturated rings. The van der Waals surface area contributed by atoms with Gasteiger partial charge in [-0.3, -0.25) is 0 Å². The largest absolute Gasteiger partial charge is 0.539 e. The number of nitrogens with two attached hydrogens (primary N) is 1. The summed E-state index contributed by atoms with van der Waals surface area (Å²) in [5.74, 6) is -4.01.